The summed E-state index contributed by atoms with van der Waals surface area (Å²) in [5.41, 5.74) is 6.02. The Balaban J connectivity index is 1.69. The van der Waals surface area contributed by atoms with E-state index in [0.717, 1.165) is 59.7 Å². The first-order valence-corrected chi connectivity index (χ1v) is 10.4. The normalized spacial score (nSPS) is 19.2. The molecule has 1 amide bonds. The number of imidazole rings is 1. The van der Waals surface area contributed by atoms with E-state index in [9.17, 15) is 4.79 Å². The molecule has 148 valence electrons. The molecule has 0 aliphatic carbocycles. The Hall–Kier alpha value is -3.08. The first kappa shape index (κ1) is 18.0. The maximum absolute atomic E-state index is 13.7. The predicted molar refractivity (Wildman–Crippen MR) is 116 cm³/mol. The van der Waals surface area contributed by atoms with Crippen molar-refractivity contribution in [3.05, 3.63) is 70.9 Å². The first-order chi connectivity index (χ1) is 14.1. The maximum atomic E-state index is 13.7. The van der Waals surface area contributed by atoms with Gasteiger partial charge in [-0.15, -0.1) is 0 Å². The fourth-order valence-corrected chi connectivity index (χ4v) is 4.57. The van der Waals surface area contributed by atoms with Crippen molar-refractivity contribution in [3.63, 3.8) is 0 Å². The van der Waals surface area contributed by atoms with Gasteiger partial charge >= 0.3 is 0 Å². The van der Waals surface area contributed by atoms with Crippen LogP contribution in [0.15, 0.2) is 59.8 Å². The van der Waals surface area contributed by atoms with E-state index >= 15 is 0 Å². The third-order valence-corrected chi connectivity index (χ3v) is 6.10. The first-order valence-electron chi connectivity index (χ1n) is 10.4. The summed E-state index contributed by atoms with van der Waals surface area (Å²) in [6.45, 7) is 5.77. The molecule has 0 saturated carbocycles. The van der Waals surface area contributed by atoms with Crippen LogP contribution < -0.4 is 5.32 Å². The number of fused-ring (bicyclic) bond motifs is 3. The van der Waals surface area contributed by atoms with Crippen LogP contribution in [0.3, 0.4) is 0 Å². The molecule has 2 aliphatic heterocycles. The molecule has 2 aromatic carbocycles. The number of rotatable bonds is 2. The van der Waals surface area contributed by atoms with Crippen LogP contribution in [0.4, 0.5) is 5.95 Å². The molecule has 5 nitrogen and oxygen atoms in total. The topological polar surface area (TPSA) is 50.2 Å². The lowest BCUT2D eigenvalue weighted by Crippen LogP contribution is -2.40. The highest BCUT2D eigenvalue weighted by Crippen LogP contribution is 2.40. The third-order valence-electron chi connectivity index (χ3n) is 6.10. The molecule has 0 bridgehead atoms. The standard InChI is InChI=1S/C24H26N4O/c1-16-10-12-18(13-11-16)22-21(23(29)27-14-6-3-7-15-27)17(2)25-24-26-19-8-4-5-9-20(19)28(22)24/h4-5,8-13,22H,3,6-7,14-15H2,1-2H3,(H,25,26)/t22-/m1/s1. The lowest BCUT2D eigenvalue weighted by Gasteiger charge is -2.35. The molecule has 0 radical (unpaired) electrons. The van der Waals surface area contributed by atoms with Crippen molar-refractivity contribution in [2.24, 2.45) is 0 Å². The second-order valence-electron chi connectivity index (χ2n) is 8.12. The number of piperidine rings is 1. The van der Waals surface area contributed by atoms with E-state index < -0.39 is 0 Å². The zero-order valence-electron chi connectivity index (χ0n) is 17.0. The fraction of sp³-hybridized carbons (Fsp3) is 0.333. The van der Waals surface area contributed by atoms with Crippen molar-refractivity contribution in [2.45, 2.75) is 39.2 Å². The summed E-state index contributed by atoms with van der Waals surface area (Å²) in [6.07, 6.45) is 3.37. The summed E-state index contributed by atoms with van der Waals surface area (Å²) in [4.78, 5) is 20.5. The number of likely N-dealkylation sites (tertiary alicyclic amines) is 1. The molecule has 1 atom stereocenters. The summed E-state index contributed by atoms with van der Waals surface area (Å²) < 4.78 is 2.18. The van der Waals surface area contributed by atoms with Gasteiger partial charge < -0.3 is 10.2 Å². The predicted octanol–water partition coefficient (Wildman–Crippen LogP) is 4.65. The van der Waals surface area contributed by atoms with Crippen LogP contribution in [0.5, 0.6) is 0 Å². The molecular formula is C24H26N4O. The number of amides is 1. The molecule has 1 N–H and O–H groups in total. The van der Waals surface area contributed by atoms with Gasteiger partial charge in [0.25, 0.3) is 5.91 Å². The lowest BCUT2D eigenvalue weighted by atomic mass is 9.93. The molecular weight excluding hydrogens is 360 g/mol. The monoisotopic (exact) mass is 386 g/mol. The zero-order chi connectivity index (χ0) is 20.0. The number of hydrogen-bond acceptors (Lipinski definition) is 3. The second kappa shape index (κ2) is 7.07. The van der Waals surface area contributed by atoms with Crippen LogP contribution in [-0.4, -0.2) is 33.4 Å². The van der Waals surface area contributed by atoms with Crippen LogP contribution in [0.1, 0.15) is 43.4 Å². The van der Waals surface area contributed by atoms with Crippen LogP contribution in [0, 0.1) is 6.92 Å². The van der Waals surface area contributed by atoms with Crippen LogP contribution in [0.2, 0.25) is 0 Å². The number of aryl methyl sites for hydroxylation is 1. The SMILES string of the molecule is CC1=C(C(=O)N2CCCCC2)[C@@H](c2ccc(C)cc2)n2c(nc3ccccc32)N1. The van der Waals surface area contributed by atoms with Gasteiger partial charge in [-0.2, -0.15) is 0 Å². The Morgan fingerprint density at radius 2 is 1.72 bits per heavy atom. The summed E-state index contributed by atoms with van der Waals surface area (Å²) >= 11 is 0. The smallest absolute Gasteiger partial charge is 0.254 e. The number of nitrogens with zero attached hydrogens (tertiary/aromatic N) is 3. The minimum atomic E-state index is -0.186. The molecule has 1 aromatic heterocycles. The average molecular weight is 386 g/mol. The van der Waals surface area contributed by atoms with E-state index in [4.69, 9.17) is 4.98 Å². The van der Waals surface area contributed by atoms with Crippen molar-refractivity contribution in [3.8, 4) is 0 Å². The van der Waals surface area contributed by atoms with Gasteiger partial charge in [-0.1, -0.05) is 42.0 Å². The van der Waals surface area contributed by atoms with Crippen molar-refractivity contribution in [2.75, 3.05) is 18.4 Å². The van der Waals surface area contributed by atoms with Gasteiger partial charge in [0.15, 0.2) is 0 Å². The highest BCUT2D eigenvalue weighted by Gasteiger charge is 2.36. The molecule has 3 aromatic rings. The molecule has 29 heavy (non-hydrogen) atoms. The molecule has 0 unspecified atom stereocenters. The minimum Gasteiger partial charge on any atom is -0.339 e. The van der Waals surface area contributed by atoms with Crippen molar-refractivity contribution in [1.29, 1.82) is 0 Å². The number of benzene rings is 2. The van der Waals surface area contributed by atoms with Gasteiger partial charge in [0.1, 0.15) is 0 Å². The van der Waals surface area contributed by atoms with Gasteiger partial charge in [0.05, 0.1) is 22.6 Å². The van der Waals surface area contributed by atoms with Gasteiger partial charge in [-0.25, -0.2) is 4.98 Å². The number of anilines is 1. The van der Waals surface area contributed by atoms with Crippen molar-refractivity contribution < 1.29 is 4.79 Å². The molecule has 5 heteroatoms. The Morgan fingerprint density at radius 3 is 2.48 bits per heavy atom. The van der Waals surface area contributed by atoms with E-state index in [2.05, 4.69) is 47.1 Å². The minimum absolute atomic E-state index is 0.142. The zero-order valence-corrected chi connectivity index (χ0v) is 17.0. The van der Waals surface area contributed by atoms with Gasteiger partial charge in [-0.3, -0.25) is 9.36 Å². The number of hydrogen-bond donors (Lipinski definition) is 1. The molecule has 2 aliphatic rings. The Bertz CT molecular complexity index is 1100. The fourth-order valence-electron chi connectivity index (χ4n) is 4.57. The van der Waals surface area contributed by atoms with Crippen LogP contribution >= 0.6 is 0 Å². The van der Waals surface area contributed by atoms with E-state index in [-0.39, 0.29) is 11.9 Å². The molecule has 1 fully saturated rings. The maximum Gasteiger partial charge on any atom is 0.254 e. The van der Waals surface area contributed by atoms with E-state index in [1.165, 1.54) is 12.0 Å². The quantitative estimate of drug-likeness (QED) is 0.698. The molecule has 3 heterocycles. The number of nitrogens with one attached hydrogen (secondary N) is 1. The van der Waals surface area contributed by atoms with E-state index in [1.807, 2.05) is 30.0 Å². The molecule has 0 spiro atoms. The summed E-state index contributed by atoms with van der Waals surface area (Å²) in [5, 5.41) is 3.41. The number of para-hydroxylation sites is 2. The Morgan fingerprint density at radius 1 is 1.00 bits per heavy atom. The Kier molecular flexibility index (Phi) is 4.38. The van der Waals surface area contributed by atoms with Gasteiger partial charge in [0.2, 0.25) is 5.95 Å². The highest BCUT2D eigenvalue weighted by atomic mass is 16.2. The largest absolute Gasteiger partial charge is 0.339 e. The highest BCUT2D eigenvalue weighted by molar-refractivity contribution is 5.98. The lowest BCUT2D eigenvalue weighted by molar-refractivity contribution is -0.128. The number of aromatic nitrogens is 2. The third kappa shape index (κ3) is 3.01. The number of allylic oxidation sites excluding steroid dienone is 1. The van der Waals surface area contributed by atoms with Gasteiger partial charge in [-0.05, 0) is 50.8 Å². The molecule has 1 saturated heterocycles. The van der Waals surface area contributed by atoms with Gasteiger partial charge in [0, 0.05) is 18.8 Å². The van der Waals surface area contributed by atoms with Crippen LogP contribution in [-0.2, 0) is 4.79 Å². The van der Waals surface area contributed by atoms with Crippen molar-refractivity contribution in [1.82, 2.24) is 14.5 Å². The summed E-state index contributed by atoms with van der Waals surface area (Å²) in [5.74, 6) is 0.938. The van der Waals surface area contributed by atoms with Crippen molar-refractivity contribution >= 4 is 22.9 Å². The Labute approximate surface area is 171 Å². The number of carbonyl (C=O) groups excluding carboxylic acids is 1. The van der Waals surface area contributed by atoms with E-state index in [0.29, 0.717) is 0 Å². The van der Waals surface area contributed by atoms with E-state index in [1.54, 1.807) is 0 Å². The summed E-state index contributed by atoms with van der Waals surface area (Å²) in [6, 6.07) is 16.5. The second-order valence-corrected chi connectivity index (χ2v) is 8.12. The summed E-state index contributed by atoms with van der Waals surface area (Å²) in [7, 11) is 0. The number of carbonyl (C=O) groups is 1. The average Bonchev–Trinajstić information content (AvgIpc) is 3.11. The molecule has 5 rings (SSSR count). The van der Waals surface area contributed by atoms with Crippen LogP contribution in [0.25, 0.3) is 11.0 Å².